The van der Waals surface area contributed by atoms with Crippen LogP contribution in [0.25, 0.3) is 11.3 Å². The van der Waals surface area contributed by atoms with Crippen LogP contribution in [0.1, 0.15) is 16.8 Å². The van der Waals surface area contributed by atoms with Crippen molar-refractivity contribution in [1.82, 2.24) is 9.78 Å². The average Bonchev–Trinajstić information content (AvgIpc) is 2.64. The highest BCUT2D eigenvalue weighted by atomic mass is 79.9. The Balaban J connectivity index is 2.80. The third kappa shape index (κ3) is 2.24. The number of methoxy groups -OCH3 is 1. The summed E-state index contributed by atoms with van der Waals surface area (Å²) in [7, 11) is 3.47. The number of aromatic nitrogens is 2. The fourth-order valence-electron chi connectivity index (χ4n) is 2.23. The van der Waals surface area contributed by atoms with Crippen molar-refractivity contribution in [3.63, 3.8) is 0 Å². The predicted octanol–water partition coefficient (Wildman–Crippen LogP) is 3.35. The lowest BCUT2D eigenvalue weighted by Gasteiger charge is -2.13. The lowest BCUT2D eigenvalue weighted by atomic mass is 10.0. The summed E-state index contributed by atoms with van der Waals surface area (Å²) in [6, 6.07) is 6.14. The monoisotopic (exact) mass is 319 g/mol. The molecule has 5 heteroatoms. The SMILES string of the molecule is COc1cc(C)cc(C)c1-c1c(Br)c(C#N)nn1C. The van der Waals surface area contributed by atoms with Crippen molar-refractivity contribution in [2.24, 2.45) is 7.05 Å². The molecule has 0 aliphatic carbocycles. The maximum atomic E-state index is 9.06. The zero-order chi connectivity index (χ0) is 14.2. The number of hydrogen-bond acceptors (Lipinski definition) is 3. The molecular formula is C14H14BrN3O. The van der Waals surface area contributed by atoms with Gasteiger partial charge in [0.15, 0.2) is 5.69 Å². The first-order valence-corrected chi connectivity index (χ1v) is 6.57. The van der Waals surface area contributed by atoms with Crippen molar-refractivity contribution >= 4 is 15.9 Å². The van der Waals surface area contributed by atoms with Crippen molar-refractivity contribution in [2.75, 3.05) is 7.11 Å². The van der Waals surface area contributed by atoms with Gasteiger partial charge in [0.2, 0.25) is 0 Å². The minimum Gasteiger partial charge on any atom is -0.496 e. The standard InChI is InChI=1S/C14H14BrN3O/c1-8-5-9(2)12(11(6-8)19-4)14-13(15)10(7-16)17-18(14)3/h5-6H,1-4H3. The second-order valence-corrected chi connectivity index (χ2v) is 5.20. The highest BCUT2D eigenvalue weighted by Crippen LogP contribution is 2.39. The molecule has 0 fully saturated rings. The summed E-state index contributed by atoms with van der Waals surface area (Å²) in [5.41, 5.74) is 4.41. The second kappa shape index (κ2) is 5.06. The van der Waals surface area contributed by atoms with Crippen molar-refractivity contribution in [3.05, 3.63) is 33.4 Å². The molecule has 0 aliphatic heterocycles. The van der Waals surface area contributed by atoms with E-state index in [1.165, 1.54) is 0 Å². The molecule has 19 heavy (non-hydrogen) atoms. The van der Waals surface area contributed by atoms with Crippen LogP contribution < -0.4 is 4.74 Å². The Kier molecular flexibility index (Phi) is 3.63. The van der Waals surface area contributed by atoms with Crippen LogP contribution in [0.5, 0.6) is 5.75 Å². The molecular weight excluding hydrogens is 306 g/mol. The number of nitriles is 1. The second-order valence-electron chi connectivity index (χ2n) is 4.41. The number of benzene rings is 1. The summed E-state index contributed by atoms with van der Waals surface area (Å²) >= 11 is 3.45. The minimum atomic E-state index is 0.375. The Hall–Kier alpha value is -1.80. The summed E-state index contributed by atoms with van der Waals surface area (Å²) < 4.78 is 7.86. The van der Waals surface area contributed by atoms with Gasteiger partial charge in [0.25, 0.3) is 0 Å². The van der Waals surface area contributed by atoms with Crippen LogP contribution in [0.3, 0.4) is 0 Å². The van der Waals surface area contributed by atoms with Crippen LogP contribution in [-0.4, -0.2) is 16.9 Å². The molecule has 0 saturated carbocycles. The molecule has 2 rings (SSSR count). The van der Waals surface area contributed by atoms with Gasteiger partial charge in [-0.1, -0.05) is 6.07 Å². The Morgan fingerprint density at radius 1 is 1.37 bits per heavy atom. The summed E-state index contributed by atoms with van der Waals surface area (Å²) in [6.45, 7) is 4.05. The molecule has 0 atom stereocenters. The summed E-state index contributed by atoms with van der Waals surface area (Å²) in [4.78, 5) is 0. The van der Waals surface area contributed by atoms with Crippen LogP contribution >= 0.6 is 15.9 Å². The molecule has 0 aliphatic rings. The van der Waals surface area contributed by atoms with Crippen LogP contribution in [-0.2, 0) is 7.05 Å². The van der Waals surface area contributed by atoms with Crippen LogP contribution in [0.15, 0.2) is 16.6 Å². The van der Waals surface area contributed by atoms with E-state index in [-0.39, 0.29) is 0 Å². The average molecular weight is 320 g/mol. The molecule has 4 nitrogen and oxygen atoms in total. The number of nitrogens with zero attached hydrogens (tertiary/aromatic N) is 3. The smallest absolute Gasteiger partial charge is 0.177 e. The summed E-state index contributed by atoms with van der Waals surface area (Å²) in [6.07, 6.45) is 0. The van der Waals surface area contributed by atoms with E-state index in [4.69, 9.17) is 10.00 Å². The normalized spacial score (nSPS) is 10.3. The highest BCUT2D eigenvalue weighted by molar-refractivity contribution is 9.10. The Morgan fingerprint density at radius 3 is 2.58 bits per heavy atom. The number of halogens is 1. The molecule has 0 N–H and O–H groups in total. The van der Waals surface area contributed by atoms with E-state index in [1.807, 2.05) is 27.0 Å². The first-order chi connectivity index (χ1) is 8.99. The van der Waals surface area contributed by atoms with Crippen LogP contribution in [0, 0.1) is 25.2 Å². The van der Waals surface area contributed by atoms with Gasteiger partial charge < -0.3 is 4.74 Å². The van der Waals surface area contributed by atoms with Gasteiger partial charge in [-0.25, -0.2) is 0 Å². The van der Waals surface area contributed by atoms with E-state index in [2.05, 4.69) is 33.2 Å². The maximum absolute atomic E-state index is 9.06. The van der Waals surface area contributed by atoms with Crippen molar-refractivity contribution < 1.29 is 4.74 Å². The molecule has 0 radical (unpaired) electrons. The molecule has 0 bridgehead atoms. The lowest BCUT2D eigenvalue weighted by Crippen LogP contribution is -1.99. The Bertz CT molecular complexity index is 683. The quantitative estimate of drug-likeness (QED) is 0.853. The van der Waals surface area contributed by atoms with Gasteiger partial charge in [-0.05, 0) is 47.0 Å². The van der Waals surface area contributed by atoms with Gasteiger partial charge in [-0.15, -0.1) is 0 Å². The van der Waals surface area contributed by atoms with Gasteiger partial charge in [-0.2, -0.15) is 10.4 Å². The number of hydrogen-bond donors (Lipinski definition) is 0. The van der Waals surface area contributed by atoms with E-state index in [0.29, 0.717) is 10.2 Å². The minimum absolute atomic E-state index is 0.375. The van der Waals surface area contributed by atoms with E-state index >= 15 is 0 Å². The lowest BCUT2D eigenvalue weighted by molar-refractivity contribution is 0.415. The molecule has 1 aromatic heterocycles. The molecule has 98 valence electrons. The summed E-state index contributed by atoms with van der Waals surface area (Å²) in [5, 5.41) is 13.3. The first-order valence-electron chi connectivity index (χ1n) is 5.77. The third-order valence-electron chi connectivity index (χ3n) is 3.00. The Morgan fingerprint density at radius 2 is 2.05 bits per heavy atom. The highest BCUT2D eigenvalue weighted by Gasteiger charge is 2.20. The fraction of sp³-hybridized carbons (Fsp3) is 0.286. The van der Waals surface area contributed by atoms with E-state index in [9.17, 15) is 0 Å². The zero-order valence-electron chi connectivity index (χ0n) is 11.3. The molecule has 1 heterocycles. The Labute approximate surface area is 120 Å². The summed E-state index contributed by atoms with van der Waals surface area (Å²) in [5.74, 6) is 0.783. The maximum Gasteiger partial charge on any atom is 0.177 e. The van der Waals surface area contributed by atoms with E-state index in [0.717, 1.165) is 28.1 Å². The van der Waals surface area contributed by atoms with Crippen molar-refractivity contribution in [3.8, 4) is 23.1 Å². The van der Waals surface area contributed by atoms with Crippen molar-refractivity contribution in [2.45, 2.75) is 13.8 Å². The molecule has 0 saturated heterocycles. The largest absolute Gasteiger partial charge is 0.496 e. The van der Waals surface area contributed by atoms with Crippen LogP contribution in [0.4, 0.5) is 0 Å². The van der Waals surface area contributed by atoms with Crippen molar-refractivity contribution in [1.29, 1.82) is 5.26 Å². The molecule has 0 spiro atoms. The fourth-order valence-corrected chi connectivity index (χ4v) is 2.86. The van der Waals surface area contributed by atoms with E-state index < -0.39 is 0 Å². The van der Waals surface area contributed by atoms with Gasteiger partial charge >= 0.3 is 0 Å². The van der Waals surface area contributed by atoms with Gasteiger partial charge in [0.05, 0.1) is 17.3 Å². The van der Waals surface area contributed by atoms with Gasteiger partial charge in [-0.3, -0.25) is 4.68 Å². The van der Waals surface area contributed by atoms with Crippen LogP contribution in [0.2, 0.25) is 0 Å². The van der Waals surface area contributed by atoms with Gasteiger partial charge in [0, 0.05) is 12.6 Å². The van der Waals surface area contributed by atoms with E-state index in [1.54, 1.807) is 11.8 Å². The molecule has 1 aromatic carbocycles. The number of aryl methyl sites for hydroxylation is 3. The third-order valence-corrected chi connectivity index (χ3v) is 3.75. The molecule has 2 aromatic rings. The van der Waals surface area contributed by atoms with Gasteiger partial charge in [0.1, 0.15) is 11.8 Å². The predicted molar refractivity (Wildman–Crippen MR) is 77.1 cm³/mol. The topological polar surface area (TPSA) is 50.8 Å². The number of ether oxygens (including phenoxy) is 1. The molecule has 0 amide bonds. The first kappa shape index (κ1) is 13.6. The zero-order valence-corrected chi connectivity index (χ0v) is 12.9. The number of rotatable bonds is 2. The molecule has 0 unspecified atom stereocenters.